The van der Waals surface area contributed by atoms with Crippen molar-refractivity contribution in [3.8, 4) is 0 Å². The number of rotatable bonds is 8. The highest BCUT2D eigenvalue weighted by atomic mass is 35.5. The number of methoxy groups -OCH3 is 1. The molecule has 0 saturated carbocycles. The van der Waals surface area contributed by atoms with E-state index in [1.165, 1.54) is 0 Å². The van der Waals surface area contributed by atoms with Gasteiger partial charge >= 0.3 is 0 Å². The lowest BCUT2D eigenvalue weighted by atomic mass is 9.78. The van der Waals surface area contributed by atoms with Gasteiger partial charge in [0.15, 0.2) is 0 Å². The highest BCUT2D eigenvalue weighted by Crippen LogP contribution is 2.31. The van der Waals surface area contributed by atoms with E-state index in [9.17, 15) is 0 Å². The van der Waals surface area contributed by atoms with Crippen LogP contribution in [-0.2, 0) is 24.6 Å². The van der Waals surface area contributed by atoms with Gasteiger partial charge in [-0.25, -0.2) is 0 Å². The van der Waals surface area contributed by atoms with Gasteiger partial charge in [0.05, 0.1) is 23.0 Å². The third-order valence-corrected chi connectivity index (χ3v) is 4.48. The normalized spacial score (nSPS) is 13.7. The standard InChI is InChI=1S/C16H30ClN3O/c1-7-13-15(17)14(20(5)19-13)10-12(16(2,3)4)11-18-8-9-21-6/h12,18H,7-11H2,1-6H3. The van der Waals surface area contributed by atoms with Crippen LogP contribution in [0.15, 0.2) is 0 Å². The quantitative estimate of drug-likeness (QED) is 0.749. The lowest BCUT2D eigenvalue weighted by Gasteiger charge is -2.31. The van der Waals surface area contributed by atoms with E-state index >= 15 is 0 Å². The molecule has 1 atom stereocenters. The monoisotopic (exact) mass is 315 g/mol. The summed E-state index contributed by atoms with van der Waals surface area (Å²) < 4.78 is 7.03. The molecule has 0 radical (unpaired) electrons. The fourth-order valence-corrected chi connectivity index (χ4v) is 2.78. The summed E-state index contributed by atoms with van der Waals surface area (Å²) >= 11 is 6.48. The molecule has 0 aliphatic rings. The Hall–Kier alpha value is -0.580. The highest BCUT2D eigenvalue weighted by Gasteiger charge is 2.27. The molecular weight excluding hydrogens is 286 g/mol. The number of nitrogens with one attached hydrogen (secondary N) is 1. The van der Waals surface area contributed by atoms with Crippen molar-refractivity contribution in [3.63, 3.8) is 0 Å². The molecule has 0 fully saturated rings. The number of aryl methyl sites for hydroxylation is 2. The Morgan fingerprint density at radius 2 is 2.05 bits per heavy atom. The first-order chi connectivity index (χ1) is 9.81. The van der Waals surface area contributed by atoms with Crippen LogP contribution in [0.2, 0.25) is 5.02 Å². The van der Waals surface area contributed by atoms with Crippen molar-refractivity contribution in [1.29, 1.82) is 0 Å². The zero-order valence-corrected chi connectivity index (χ0v) is 15.0. The smallest absolute Gasteiger partial charge is 0.0849 e. The van der Waals surface area contributed by atoms with Gasteiger partial charge in [0, 0.05) is 20.7 Å². The molecule has 0 aliphatic carbocycles. The predicted octanol–water partition coefficient (Wildman–Crippen LogP) is 3.08. The summed E-state index contributed by atoms with van der Waals surface area (Å²) in [5.74, 6) is 0.493. The molecule has 122 valence electrons. The third-order valence-electron chi connectivity index (χ3n) is 4.04. The molecular formula is C16H30ClN3O. The first-order valence-corrected chi connectivity index (χ1v) is 8.08. The van der Waals surface area contributed by atoms with Crippen molar-refractivity contribution in [1.82, 2.24) is 15.1 Å². The Balaban J connectivity index is 2.79. The van der Waals surface area contributed by atoms with Gasteiger partial charge in [-0.2, -0.15) is 5.10 Å². The van der Waals surface area contributed by atoms with Crippen LogP contribution in [-0.4, -0.2) is 36.6 Å². The van der Waals surface area contributed by atoms with Gasteiger partial charge in [0.2, 0.25) is 0 Å². The first kappa shape index (κ1) is 18.5. The summed E-state index contributed by atoms with van der Waals surface area (Å²) in [5.41, 5.74) is 2.34. The Bertz CT molecular complexity index is 437. The zero-order chi connectivity index (χ0) is 16.0. The number of ether oxygens (including phenoxy) is 1. The van der Waals surface area contributed by atoms with Crippen LogP contribution in [0.4, 0.5) is 0 Å². The molecule has 0 aliphatic heterocycles. The molecule has 1 aromatic heterocycles. The maximum Gasteiger partial charge on any atom is 0.0849 e. The second-order valence-corrected chi connectivity index (χ2v) is 7.03. The molecule has 1 aromatic rings. The summed E-state index contributed by atoms with van der Waals surface area (Å²) in [6, 6.07) is 0. The van der Waals surface area contributed by atoms with Crippen LogP contribution >= 0.6 is 11.6 Å². The van der Waals surface area contributed by atoms with Crippen molar-refractivity contribution in [2.75, 3.05) is 26.8 Å². The van der Waals surface area contributed by atoms with Crippen molar-refractivity contribution < 1.29 is 4.74 Å². The molecule has 4 nitrogen and oxygen atoms in total. The van der Waals surface area contributed by atoms with Gasteiger partial charge < -0.3 is 10.1 Å². The van der Waals surface area contributed by atoms with E-state index in [4.69, 9.17) is 16.3 Å². The fraction of sp³-hybridized carbons (Fsp3) is 0.812. The fourth-order valence-electron chi connectivity index (χ4n) is 2.41. The topological polar surface area (TPSA) is 39.1 Å². The Morgan fingerprint density at radius 1 is 1.38 bits per heavy atom. The number of hydrogen-bond donors (Lipinski definition) is 1. The van der Waals surface area contributed by atoms with E-state index in [0.717, 1.165) is 48.9 Å². The maximum absolute atomic E-state index is 6.48. The summed E-state index contributed by atoms with van der Waals surface area (Å²) in [5, 5.41) is 8.83. The lowest BCUT2D eigenvalue weighted by molar-refractivity contribution is 0.185. The van der Waals surface area contributed by atoms with Gasteiger partial charge in [0.1, 0.15) is 0 Å². The van der Waals surface area contributed by atoms with Gasteiger partial charge in [0.25, 0.3) is 0 Å². The SMILES string of the molecule is CCc1nn(C)c(CC(CNCCOC)C(C)(C)C)c1Cl. The van der Waals surface area contributed by atoms with Gasteiger partial charge in [-0.05, 0) is 30.7 Å². The lowest BCUT2D eigenvalue weighted by Crippen LogP contribution is -2.35. The summed E-state index contributed by atoms with van der Waals surface area (Å²) in [4.78, 5) is 0. The van der Waals surface area contributed by atoms with Crippen LogP contribution in [0.25, 0.3) is 0 Å². The molecule has 0 saturated heterocycles. The Morgan fingerprint density at radius 3 is 2.52 bits per heavy atom. The van der Waals surface area contributed by atoms with Crippen LogP contribution in [0.3, 0.4) is 0 Å². The summed E-state index contributed by atoms with van der Waals surface area (Å²) in [6.07, 6.45) is 1.81. The zero-order valence-electron chi connectivity index (χ0n) is 14.3. The largest absolute Gasteiger partial charge is 0.383 e. The number of halogens is 1. The second kappa shape index (κ2) is 8.16. The molecule has 21 heavy (non-hydrogen) atoms. The van der Waals surface area contributed by atoms with Gasteiger partial charge in [-0.3, -0.25) is 4.68 Å². The van der Waals surface area contributed by atoms with E-state index in [1.807, 2.05) is 11.7 Å². The number of nitrogens with zero attached hydrogens (tertiary/aromatic N) is 2. The molecule has 1 rings (SSSR count). The maximum atomic E-state index is 6.48. The molecule has 0 spiro atoms. The van der Waals surface area contributed by atoms with Crippen LogP contribution < -0.4 is 5.32 Å². The predicted molar refractivity (Wildman–Crippen MR) is 89.0 cm³/mol. The first-order valence-electron chi connectivity index (χ1n) is 7.71. The van der Waals surface area contributed by atoms with Crippen LogP contribution in [0, 0.1) is 11.3 Å². The minimum Gasteiger partial charge on any atom is -0.383 e. The summed E-state index contributed by atoms with van der Waals surface area (Å²) in [7, 11) is 3.71. The molecule has 0 aromatic carbocycles. The van der Waals surface area contributed by atoms with Crippen molar-refractivity contribution in [2.45, 2.75) is 40.5 Å². The average molecular weight is 316 g/mol. The van der Waals surface area contributed by atoms with E-state index in [0.29, 0.717) is 5.92 Å². The highest BCUT2D eigenvalue weighted by molar-refractivity contribution is 6.31. The van der Waals surface area contributed by atoms with Crippen LogP contribution in [0.1, 0.15) is 39.1 Å². The van der Waals surface area contributed by atoms with Crippen molar-refractivity contribution in [2.24, 2.45) is 18.4 Å². The molecule has 5 heteroatoms. The second-order valence-electron chi connectivity index (χ2n) is 6.65. The Labute approximate surface area is 134 Å². The van der Waals surface area contributed by atoms with Gasteiger partial charge in [-0.15, -0.1) is 0 Å². The van der Waals surface area contributed by atoms with E-state index in [2.05, 4.69) is 38.1 Å². The van der Waals surface area contributed by atoms with Crippen molar-refractivity contribution >= 4 is 11.6 Å². The van der Waals surface area contributed by atoms with Crippen LogP contribution in [0.5, 0.6) is 0 Å². The molecule has 0 bridgehead atoms. The van der Waals surface area contributed by atoms with E-state index in [-0.39, 0.29) is 5.41 Å². The average Bonchev–Trinajstić information content (AvgIpc) is 2.67. The molecule has 1 unspecified atom stereocenters. The van der Waals surface area contributed by atoms with Gasteiger partial charge in [-0.1, -0.05) is 39.3 Å². The Kier molecular flexibility index (Phi) is 7.17. The number of hydrogen-bond acceptors (Lipinski definition) is 3. The molecule has 0 amide bonds. The van der Waals surface area contributed by atoms with E-state index in [1.54, 1.807) is 7.11 Å². The van der Waals surface area contributed by atoms with E-state index < -0.39 is 0 Å². The molecule has 1 heterocycles. The minimum absolute atomic E-state index is 0.208. The number of aromatic nitrogens is 2. The summed E-state index contributed by atoms with van der Waals surface area (Å²) in [6.45, 7) is 11.5. The minimum atomic E-state index is 0.208. The molecule has 1 N–H and O–H groups in total. The third kappa shape index (κ3) is 5.28. The van der Waals surface area contributed by atoms with Crippen molar-refractivity contribution in [3.05, 3.63) is 16.4 Å².